The van der Waals surface area contributed by atoms with Crippen molar-refractivity contribution in [2.24, 2.45) is 5.41 Å². The number of amides is 2. The molecule has 3 aromatic carbocycles. The van der Waals surface area contributed by atoms with Gasteiger partial charge in [0.1, 0.15) is 17.0 Å². The number of hydrogen-bond donors (Lipinski definition) is 2. The highest BCUT2D eigenvalue weighted by atomic mass is 32.2. The number of anilines is 2. The highest BCUT2D eigenvalue weighted by Crippen LogP contribution is 2.47. The molecule has 0 atom stereocenters. The summed E-state index contributed by atoms with van der Waals surface area (Å²) in [5.74, 6) is -0.177. The first-order valence-electron chi connectivity index (χ1n) is 15.9. The summed E-state index contributed by atoms with van der Waals surface area (Å²) in [5.41, 5.74) is -0.190. The van der Waals surface area contributed by atoms with Crippen LogP contribution in [0.25, 0.3) is 10.9 Å². The smallest absolute Gasteiger partial charge is 0.240 e. The summed E-state index contributed by atoms with van der Waals surface area (Å²) in [6.45, 7) is 3.76. The van der Waals surface area contributed by atoms with Gasteiger partial charge >= 0.3 is 0 Å². The van der Waals surface area contributed by atoms with Crippen LogP contribution in [0, 0.1) is 17.0 Å². The number of carbonyl (C=O) groups excluding carboxylic acids is 3. The van der Waals surface area contributed by atoms with Gasteiger partial charge in [-0.3, -0.25) is 19.4 Å². The quantitative estimate of drug-likeness (QED) is 0.0942. The maximum atomic E-state index is 15.3. The normalized spacial score (nSPS) is 13.2. The summed E-state index contributed by atoms with van der Waals surface area (Å²) < 4.78 is 46.0. The maximum Gasteiger partial charge on any atom is 0.240 e. The van der Waals surface area contributed by atoms with Gasteiger partial charge < -0.3 is 29.7 Å². The minimum atomic E-state index is -1.29. The number of hydrogen-bond acceptors (Lipinski definition) is 9. The summed E-state index contributed by atoms with van der Waals surface area (Å²) in [6.07, 6.45) is 3.94. The molecule has 1 fully saturated rings. The van der Waals surface area contributed by atoms with E-state index in [1.54, 1.807) is 31.3 Å². The van der Waals surface area contributed by atoms with Crippen molar-refractivity contribution in [3.63, 3.8) is 0 Å². The number of rotatable bonds is 16. The molecular weight excluding hydrogens is 654 g/mol. The van der Waals surface area contributed by atoms with Crippen LogP contribution in [0.2, 0.25) is 0 Å². The van der Waals surface area contributed by atoms with Gasteiger partial charge in [0.25, 0.3) is 0 Å². The molecular formula is C36H38F2N4O6S. The molecule has 49 heavy (non-hydrogen) atoms. The van der Waals surface area contributed by atoms with Gasteiger partial charge in [0, 0.05) is 54.3 Å². The first-order chi connectivity index (χ1) is 23.6. The number of nitrogens with one attached hydrogen (secondary N) is 2. The topological polar surface area (TPSA) is 119 Å². The molecule has 5 rings (SSSR count). The van der Waals surface area contributed by atoms with Crippen LogP contribution in [-0.2, 0) is 14.4 Å². The Labute approximate surface area is 287 Å². The number of pyridine rings is 1. The van der Waals surface area contributed by atoms with Gasteiger partial charge in [0.05, 0.1) is 19.2 Å². The highest BCUT2D eigenvalue weighted by molar-refractivity contribution is 8.13. The molecule has 0 unspecified atom stereocenters. The fourth-order valence-electron chi connectivity index (χ4n) is 5.17. The molecule has 1 aromatic heterocycles. The number of methoxy groups -OCH3 is 1. The Morgan fingerprint density at radius 3 is 2.24 bits per heavy atom. The van der Waals surface area contributed by atoms with Crippen molar-refractivity contribution in [2.45, 2.75) is 32.6 Å². The Kier molecular flexibility index (Phi) is 11.7. The Hall–Kier alpha value is -4.75. The maximum absolute atomic E-state index is 15.3. The third-order valence-corrected chi connectivity index (χ3v) is 8.95. The Balaban J connectivity index is 1.19. The monoisotopic (exact) mass is 692 g/mol. The fraction of sp³-hybridized carbons (Fsp3) is 0.333. The van der Waals surface area contributed by atoms with Crippen molar-refractivity contribution in [3.8, 4) is 23.0 Å². The first kappa shape index (κ1) is 35.6. The molecule has 1 saturated carbocycles. The molecule has 2 N–H and O–H groups in total. The number of thioether (sulfide) groups is 1. The molecule has 1 aliphatic rings. The SMILES string of the molecule is COc1cc2c(Oc3ccc(NC(=O)C4(C(=O)Nc5ccc(F)cc5)CC4)cc3F)ccnc2cc1OCCCN(C)CCCSC(C)=O. The van der Waals surface area contributed by atoms with Crippen molar-refractivity contribution < 1.29 is 37.4 Å². The number of aromatic nitrogens is 1. The largest absolute Gasteiger partial charge is 0.493 e. The van der Waals surface area contributed by atoms with Crippen molar-refractivity contribution in [1.82, 2.24) is 9.88 Å². The zero-order valence-corrected chi connectivity index (χ0v) is 28.3. The number of carbonyl (C=O) groups is 3. The second-order valence-electron chi connectivity index (χ2n) is 11.8. The van der Waals surface area contributed by atoms with Gasteiger partial charge in [-0.05, 0) is 87.8 Å². The standard InChI is InChI=1S/C36H38F2N4O6S/c1-23(43)49-19-5-17-42(2)16-4-18-47-33-22-29-27(21-32(33)46-3)30(12-15-39-29)48-31-11-10-26(20-28(31)38)41-35(45)36(13-14-36)34(44)40-25-8-6-24(37)7-9-25/h6-12,15,20-22H,4-5,13-14,16-19H2,1-3H3,(H,40,44)(H,41,45). The van der Waals surface area contributed by atoms with Crippen molar-refractivity contribution in [3.05, 3.63) is 78.5 Å². The number of halogens is 2. The summed E-state index contributed by atoms with van der Waals surface area (Å²) in [4.78, 5) is 43.6. The zero-order chi connectivity index (χ0) is 35.0. The van der Waals surface area contributed by atoms with Gasteiger partial charge in [-0.25, -0.2) is 8.78 Å². The lowest BCUT2D eigenvalue weighted by molar-refractivity contribution is -0.131. The predicted molar refractivity (Wildman–Crippen MR) is 185 cm³/mol. The highest BCUT2D eigenvalue weighted by Gasteiger charge is 2.56. The zero-order valence-electron chi connectivity index (χ0n) is 27.5. The van der Waals surface area contributed by atoms with Crippen molar-refractivity contribution in [2.75, 3.05) is 50.2 Å². The predicted octanol–water partition coefficient (Wildman–Crippen LogP) is 7.04. The summed E-state index contributed by atoms with van der Waals surface area (Å²) in [5, 5.41) is 5.99. The van der Waals surface area contributed by atoms with Crippen LogP contribution in [0.15, 0.2) is 66.9 Å². The number of nitrogens with zero attached hydrogens (tertiary/aromatic N) is 2. The second-order valence-corrected chi connectivity index (χ2v) is 13.0. The Morgan fingerprint density at radius 1 is 0.878 bits per heavy atom. The number of fused-ring (bicyclic) bond motifs is 1. The van der Waals surface area contributed by atoms with Crippen LogP contribution in [-0.4, -0.2) is 66.4 Å². The lowest BCUT2D eigenvalue weighted by Crippen LogP contribution is -2.35. The van der Waals surface area contributed by atoms with E-state index in [1.807, 2.05) is 7.05 Å². The molecule has 0 radical (unpaired) electrons. The van der Waals surface area contributed by atoms with Gasteiger partial charge in [-0.1, -0.05) is 11.8 Å². The van der Waals surface area contributed by atoms with E-state index in [9.17, 15) is 18.8 Å². The number of ether oxygens (including phenoxy) is 3. The average Bonchev–Trinajstić information content (AvgIpc) is 3.90. The molecule has 0 bridgehead atoms. The van der Waals surface area contributed by atoms with E-state index >= 15 is 4.39 Å². The van der Waals surface area contributed by atoms with E-state index in [2.05, 4.69) is 20.5 Å². The number of benzene rings is 3. The van der Waals surface area contributed by atoms with Crippen LogP contribution in [0.5, 0.6) is 23.0 Å². The Morgan fingerprint density at radius 2 is 1.57 bits per heavy atom. The third kappa shape index (κ3) is 9.24. The second kappa shape index (κ2) is 16.1. The van der Waals surface area contributed by atoms with Gasteiger partial charge in [0.15, 0.2) is 28.2 Å². The molecule has 0 aliphatic heterocycles. The molecule has 258 valence electrons. The summed E-state index contributed by atoms with van der Waals surface area (Å²) in [6, 6.07) is 14.3. The molecule has 13 heteroatoms. The van der Waals surface area contributed by atoms with Crippen LogP contribution >= 0.6 is 11.8 Å². The van der Waals surface area contributed by atoms with Gasteiger partial charge in [-0.2, -0.15) is 0 Å². The molecule has 10 nitrogen and oxygen atoms in total. The molecule has 0 spiro atoms. The molecule has 0 saturated heterocycles. The van der Waals surface area contributed by atoms with Crippen molar-refractivity contribution in [1.29, 1.82) is 0 Å². The molecule has 1 heterocycles. The first-order valence-corrected chi connectivity index (χ1v) is 16.8. The lowest BCUT2D eigenvalue weighted by Gasteiger charge is -2.17. The minimum absolute atomic E-state index is 0.0796. The van der Waals surface area contributed by atoms with E-state index in [-0.39, 0.29) is 16.6 Å². The van der Waals surface area contributed by atoms with E-state index in [1.165, 1.54) is 55.3 Å². The van der Waals surface area contributed by atoms with Crippen LogP contribution in [0.4, 0.5) is 20.2 Å². The van der Waals surface area contributed by atoms with Crippen LogP contribution in [0.3, 0.4) is 0 Å². The van der Waals surface area contributed by atoms with E-state index in [0.29, 0.717) is 53.3 Å². The van der Waals surface area contributed by atoms with Crippen LogP contribution < -0.4 is 24.8 Å². The van der Waals surface area contributed by atoms with Gasteiger partial charge in [0.2, 0.25) is 11.8 Å². The lowest BCUT2D eigenvalue weighted by atomic mass is 10.0. The summed E-state index contributed by atoms with van der Waals surface area (Å²) >= 11 is 1.34. The van der Waals surface area contributed by atoms with E-state index in [0.717, 1.165) is 37.8 Å². The third-order valence-electron chi connectivity index (χ3n) is 8.05. The molecule has 1 aliphatic carbocycles. The van der Waals surface area contributed by atoms with Gasteiger partial charge in [-0.15, -0.1) is 0 Å². The summed E-state index contributed by atoms with van der Waals surface area (Å²) in [7, 11) is 3.57. The Bertz CT molecular complexity index is 1820. The molecule has 2 amide bonds. The average molecular weight is 693 g/mol. The van der Waals surface area contributed by atoms with Crippen molar-refractivity contribution >= 4 is 51.0 Å². The molecule has 4 aromatic rings. The van der Waals surface area contributed by atoms with E-state index < -0.39 is 28.9 Å². The van der Waals surface area contributed by atoms with Crippen LogP contribution in [0.1, 0.15) is 32.6 Å². The fourth-order valence-corrected chi connectivity index (χ4v) is 5.73. The minimum Gasteiger partial charge on any atom is -0.493 e. The van der Waals surface area contributed by atoms with E-state index in [4.69, 9.17) is 14.2 Å².